The molecule has 0 atom stereocenters. The summed E-state index contributed by atoms with van der Waals surface area (Å²) in [5, 5.41) is 9.80. The van der Waals surface area contributed by atoms with Gasteiger partial charge in [-0.15, -0.1) is 0 Å². The maximum atomic E-state index is 12.2. The first-order valence-electron chi connectivity index (χ1n) is 8.62. The topological polar surface area (TPSA) is 97.2 Å². The Morgan fingerprint density at radius 2 is 1.86 bits per heavy atom. The number of nitrogens with one attached hydrogen (secondary N) is 1. The summed E-state index contributed by atoms with van der Waals surface area (Å²) in [5.41, 5.74) is 1.36. The van der Waals surface area contributed by atoms with Crippen LogP contribution in [0, 0.1) is 11.3 Å². The molecule has 0 radical (unpaired) electrons. The Morgan fingerprint density at radius 3 is 2.48 bits per heavy atom. The average Bonchev–Trinajstić information content (AvgIpc) is 2.77. The van der Waals surface area contributed by atoms with E-state index in [0.29, 0.717) is 34.5 Å². The van der Waals surface area contributed by atoms with E-state index in [1.807, 2.05) is 30.3 Å². The molecule has 29 heavy (non-hydrogen) atoms. The summed E-state index contributed by atoms with van der Waals surface area (Å²) in [6, 6.07) is 14.7. The fraction of sp³-hybridized carbons (Fsp3) is 0.190. The maximum absolute atomic E-state index is 12.2. The van der Waals surface area contributed by atoms with E-state index in [1.165, 1.54) is 18.9 Å². The zero-order valence-corrected chi connectivity index (χ0v) is 17.0. The Labute approximate surface area is 172 Å². The van der Waals surface area contributed by atoms with Gasteiger partial charge in [0.1, 0.15) is 24.0 Å². The third kappa shape index (κ3) is 4.52. The second kappa shape index (κ2) is 9.17. The van der Waals surface area contributed by atoms with E-state index in [9.17, 15) is 10.1 Å². The van der Waals surface area contributed by atoms with Crippen molar-refractivity contribution >= 4 is 11.8 Å². The number of hydrogen-bond acceptors (Lipinski definition) is 7. The van der Waals surface area contributed by atoms with E-state index < -0.39 is 5.56 Å². The summed E-state index contributed by atoms with van der Waals surface area (Å²) in [6.07, 6.45) is 1.80. The molecule has 0 saturated heterocycles. The molecule has 3 aromatic rings. The molecular weight excluding hydrogens is 390 g/mol. The van der Waals surface area contributed by atoms with Gasteiger partial charge in [-0.1, -0.05) is 23.9 Å². The van der Waals surface area contributed by atoms with E-state index in [2.05, 4.69) is 9.97 Å². The van der Waals surface area contributed by atoms with Gasteiger partial charge in [0.2, 0.25) is 0 Å². The normalized spacial score (nSPS) is 10.3. The van der Waals surface area contributed by atoms with Gasteiger partial charge >= 0.3 is 0 Å². The average molecular weight is 409 g/mol. The van der Waals surface area contributed by atoms with E-state index in [1.54, 1.807) is 31.6 Å². The van der Waals surface area contributed by atoms with E-state index in [4.69, 9.17) is 14.2 Å². The summed E-state index contributed by atoms with van der Waals surface area (Å²) < 4.78 is 16.5. The lowest BCUT2D eigenvalue weighted by Crippen LogP contribution is -2.14. The Kier molecular flexibility index (Phi) is 6.42. The summed E-state index contributed by atoms with van der Waals surface area (Å²) >= 11 is 1.29. The molecule has 1 aromatic heterocycles. The smallest absolute Gasteiger partial charge is 0.270 e. The van der Waals surface area contributed by atoms with Crippen LogP contribution in [0.3, 0.4) is 0 Å². The highest BCUT2D eigenvalue weighted by Crippen LogP contribution is 2.33. The minimum atomic E-state index is -0.472. The van der Waals surface area contributed by atoms with Gasteiger partial charge in [0.15, 0.2) is 16.7 Å². The van der Waals surface area contributed by atoms with Crippen molar-refractivity contribution in [2.45, 2.75) is 11.8 Å². The van der Waals surface area contributed by atoms with Gasteiger partial charge in [-0.2, -0.15) is 5.26 Å². The Bertz CT molecular complexity index is 1100. The highest BCUT2D eigenvalue weighted by Gasteiger charge is 2.15. The molecule has 0 aliphatic carbocycles. The maximum Gasteiger partial charge on any atom is 0.270 e. The van der Waals surface area contributed by atoms with Crippen LogP contribution < -0.4 is 19.8 Å². The number of H-pyrrole nitrogens is 1. The van der Waals surface area contributed by atoms with Crippen molar-refractivity contribution < 1.29 is 14.2 Å². The molecule has 0 fully saturated rings. The van der Waals surface area contributed by atoms with Crippen molar-refractivity contribution in [2.75, 3.05) is 20.5 Å². The first-order chi connectivity index (χ1) is 14.1. The Morgan fingerprint density at radius 1 is 1.10 bits per heavy atom. The summed E-state index contributed by atoms with van der Waals surface area (Å²) in [4.78, 5) is 19.1. The van der Waals surface area contributed by atoms with Crippen molar-refractivity contribution in [3.8, 4) is 34.6 Å². The second-order valence-electron chi connectivity index (χ2n) is 5.91. The number of hydrogen-bond donors (Lipinski definition) is 1. The third-order valence-electron chi connectivity index (χ3n) is 4.19. The second-order valence-corrected chi connectivity index (χ2v) is 6.71. The van der Waals surface area contributed by atoms with Gasteiger partial charge in [-0.25, -0.2) is 4.98 Å². The molecule has 0 aliphatic rings. The predicted octanol–water partition coefficient (Wildman–Crippen LogP) is 3.63. The lowest BCUT2D eigenvalue weighted by Gasteiger charge is -2.13. The number of aromatic amines is 1. The quantitative estimate of drug-likeness (QED) is 0.470. The molecular formula is C21H19N3O4S. The third-order valence-corrected chi connectivity index (χ3v) is 4.77. The lowest BCUT2D eigenvalue weighted by molar-refractivity contribution is 0.284. The number of benzene rings is 2. The first-order valence-corrected chi connectivity index (χ1v) is 9.84. The minimum absolute atomic E-state index is 0.0447. The van der Waals surface area contributed by atoms with Crippen LogP contribution in [0.5, 0.6) is 17.2 Å². The van der Waals surface area contributed by atoms with E-state index in [0.717, 1.165) is 11.3 Å². The summed E-state index contributed by atoms with van der Waals surface area (Å²) in [7, 11) is 3.15. The van der Waals surface area contributed by atoms with E-state index >= 15 is 0 Å². The summed E-state index contributed by atoms with van der Waals surface area (Å²) in [5.74, 6) is 1.80. The van der Waals surface area contributed by atoms with Crippen LogP contribution in [0.1, 0.15) is 11.1 Å². The van der Waals surface area contributed by atoms with Crippen LogP contribution >= 0.6 is 11.8 Å². The fourth-order valence-corrected chi connectivity index (χ4v) is 3.06. The number of methoxy groups -OCH3 is 2. The Hall–Kier alpha value is -3.44. The molecule has 1 N–H and O–H groups in total. The van der Waals surface area contributed by atoms with Crippen molar-refractivity contribution in [1.82, 2.24) is 9.97 Å². The number of ether oxygens (including phenoxy) is 3. The van der Waals surface area contributed by atoms with Gasteiger partial charge in [0, 0.05) is 5.56 Å². The van der Waals surface area contributed by atoms with Crippen LogP contribution in [0.4, 0.5) is 0 Å². The van der Waals surface area contributed by atoms with Crippen LogP contribution in [0.25, 0.3) is 11.3 Å². The predicted molar refractivity (Wildman–Crippen MR) is 111 cm³/mol. The summed E-state index contributed by atoms with van der Waals surface area (Å²) in [6.45, 7) is 0.350. The monoisotopic (exact) mass is 409 g/mol. The number of nitrogens with zero attached hydrogens (tertiary/aromatic N) is 2. The number of nitriles is 1. The zero-order valence-electron chi connectivity index (χ0n) is 16.2. The van der Waals surface area contributed by atoms with Crippen LogP contribution in [-0.2, 0) is 6.61 Å². The molecule has 0 saturated carbocycles. The van der Waals surface area contributed by atoms with Crippen LogP contribution in [0.2, 0.25) is 0 Å². The molecule has 8 heteroatoms. The molecule has 2 aromatic carbocycles. The molecule has 0 amide bonds. The molecule has 148 valence electrons. The molecule has 0 bridgehead atoms. The van der Waals surface area contributed by atoms with Gasteiger partial charge < -0.3 is 19.2 Å². The number of aromatic nitrogens is 2. The molecule has 0 spiro atoms. The molecule has 0 unspecified atom stereocenters. The van der Waals surface area contributed by atoms with Gasteiger partial charge in [0.25, 0.3) is 5.56 Å². The van der Waals surface area contributed by atoms with E-state index in [-0.39, 0.29) is 5.56 Å². The number of rotatable bonds is 7. The van der Waals surface area contributed by atoms with Gasteiger partial charge in [0.05, 0.1) is 19.9 Å². The highest BCUT2D eigenvalue weighted by molar-refractivity contribution is 7.98. The molecule has 7 nitrogen and oxygen atoms in total. The van der Waals surface area contributed by atoms with Crippen molar-refractivity contribution in [1.29, 1.82) is 5.26 Å². The zero-order chi connectivity index (χ0) is 20.8. The lowest BCUT2D eigenvalue weighted by atomic mass is 10.1. The Balaban J connectivity index is 1.90. The number of thioether (sulfide) groups is 1. The molecule has 1 heterocycles. The van der Waals surface area contributed by atoms with Crippen molar-refractivity contribution in [3.63, 3.8) is 0 Å². The van der Waals surface area contributed by atoms with Gasteiger partial charge in [-0.05, 0) is 42.2 Å². The first kappa shape index (κ1) is 20.3. The van der Waals surface area contributed by atoms with Crippen molar-refractivity contribution in [3.05, 3.63) is 63.9 Å². The fourth-order valence-electron chi connectivity index (χ4n) is 2.68. The standard InChI is InChI=1S/C21H19N3O4S/c1-26-15-7-4-13(5-8-15)12-28-17-9-6-14(10-18(17)27-2)19-16(11-22)20(25)24-21(23-19)29-3/h4-10H,12H2,1-3H3,(H,23,24,25). The van der Waals surface area contributed by atoms with Gasteiger partial charge in [-0.3, -0.25) is 4.79 Å². The molecule has 0 aliphatic heterocycles. The van der Waals surface area contributed by atoms with Crippen LogP contribution in [0.15, 0.2) is 52.4 Å². The SMILES string of the molecule is COc1ccc(COc2ccc(-c3nc(SC)[nH]c(=O)c3C#N)cc2OC)cc1. The van der Waals surface area contributed by atoms with Crippen LogP contribution in [-0.4, -0.2) is 30.4 Å². The largest absolute Gasteiger partial charge is 0.497 e. The highest BCUT2D eigenvalue weighted by atomic mass is 32.2. The minimum Gasteiger partial charge on any atom is -0.497 e. The van der Waals surface area contributed by atoms with Crippen molar-refractivity contribution in [2.24, 2.45) is 0 Å². The molecule has 3 rings (SSSR count).